The van der Waals surface area contributed by atoms with Gasteiger partial charge in [-0.25, -0.2) is 13.2 Å². The first-order valence-electron chi connectivity index (χ1n) is 9.88. The number of rotatable bonds is 8. The lowest BCUT2D eigenvalue weighted by Gasteiger charge is -2.17. The first-order valence-corrected chi connectivity index (χ1v) is 11.5. The van der Waals surface area contributed by atoms with E-state index < -0.39 is 21.7 Å². The molecule has 0 bridgehead atoms. The van der Waals surface area contributed by atoms with Gasteiger partial charge in [-0.05, 0) is 60.7 Å². The summed E-state index contributed by atoms with van der Waals surface area (Å²) in [6.07, 6.45) is 0.982. The standard InChI is InChI=1S/C24H26O5S/c1-17-10-13-20(14-11-17)30(26,27)16-6-9-23-21(18(2)24(25)29-28-3)15-12-19-7-4-5-8-22(19)23/h4-5,7-8,10-15,18H,6,9,16H2,1-3H3/t18-/m0/s1. The van der Waals surface area contributed by atoms with E-state index in [9.17, 15) is 13.2 Å². The van der Waals surface area contributed by atoms with Crippen molar-refractivity contribution in [3.05, 3.63) is 77.4 Å². The van der Waals surface area contributed by atoms with Gasteiger partial charge in [0.25, 0.3) is 0 Å². The molecule has 0 unspecified atom stereocenters. The topological polar surface area (TPSA) is 69.7 Å². The SMILES string of the molecule is COOC(=O)[C@@H](C)c1ccc2ccccc2c1CCCS(=O)(=O)c1ccc(C)cc1. The molecular formula is C24H26O5S. The molecule has 3 aromatic carbocycles. The van der Waals surface area contributed by atoms with E-state index in [1.54, 1.807) is 31.2 Å². The molecule has 0 saturated heterocycles. The molecule has 0 heterocycles. The van der Waals surface area contributed by atoms with Crippen LogP contribution < -0.4 is 0 Å². The third-order valence-corrected chi connectivity index (χ3v) is 7.10. The van der Waals surface area contributed by atoms with Crippen molar-refractivity contribution in [3.8, 4) is 0 Å². The van der Waals surface area contributed by atoms with Crippen molar-refractivity contribution >= 4 is 26.6 Å². The highest BCUT2D eigenvalue weighted by Crippen LogP contribution is 2.30. The van der Waals surface area contributed by atoms with Gasteiger partial charge in [-0.15, -0.1) is 0 Å². The first kappa shape index (κ1) is 22.0. The van der Waals surface area contributed by atoms with E-state index in [1.165, 1.54) is 7.11 Å². The summed E-state index contributed by atoms with van der Waals surface area (Å²) in [5, 5.41) is 2.06. The molecule has 5 nitrogen and oxygen atoms in total. The zero-order valence-electron chi connectivity index (χ0n) is 17.4. The molecule has 0 radical (unpaired) electrons. The largest absolute Gasteiger partial charge is 0.349 e. The molecule has 3 aromatic rings. The van der Waals surface area contributed by atoms with E-state index in [0.717, 1.165) is 27.5 Å². The Labute approximate surface area is 177 Å². The van der Waals surface area contributed by atoms with Gasteiger partial charge >= 0.3 is 5.97 Å². The van der Waals surface area contributed by atoms with Gasteiger partial charge < -0.3 is 0 Å². The van der Waals surface area contributed by atoms with Gasteiger partial charge in [0.15, 0.2) is 9.84 Å². The smallest absolute Gasteiger partial charge is 0.298 e. The predicted octanol–water partition coefficient (Wildman–Crippen LogP) is 4.76. The van der Waals surface area contributed by atoms with Gasteiger partial charge in [-0.2, -0.15) is 4.89 Å². The van der Waals surface area contributed by atoms with E-state index >= 15 is 0 Å². The molecule has 0 spiro atoms. The van der Waals surface area contributed by atoms with Gasteiger partial charge in [0.2, 0.25) is 0 Å². The molecule has 0 aromatic heterocycles. The zero-order valence-corrected chi connectivity index (χ0v) is 18.2. The molecule has 0 aliphatic heterocycles. The molecule has 158 valence electrons. The number of aryl methyl sites for hydroxylation is 2. The highest BCUT2D eigenvalue weighted by Gasteiger charge is 2.22. The number of hydrogen-bond acceptors (Lipinski definition) is 5. The van der Waals surface area contributed by atoms with Crippen LogP contribution in [0.5, 0.6) is 0 Å². The third kappa shape index (κ3) is 4.89. The fraction of sp³-hybridized carbons (Fsp3) is 0.292. The summed E-state index contributed by atoms with van der Waals surface area (Å²) in [4.78, 5) is 21.8. The Morgan fingerprint density at radius 1 is 1.00 bits per heavy atom. The monoisotopic (exact) mass is 426 g/mol. The molecule has 3 rings (SSSR count). The minimum Gasteiger partial charge on any atom is -0.298 e. The second-order valence-electron chi connectivity index (χ2n) is 7.38. The number of benzene rings is 3. The number of carbonyl (C=O) groups excluding carboxylic acids is 1. The lowest BCUT2D eigenvalue weighted by atomic mass is 9.89. The second-order valence-corrected chi connectivity index (χ2v) is 9.49. The first-order chi connectivity index (χ1) is 14.3. The van der Waals surface area contributed by atoms with E-state index in [-0.39, 0.29) is 5.75 Å². The van der Waals surface area contributed by atoms with Crippen LogP contribution in [-0.4, -0.2) is 27.2 Å². The summed E-state index contributed by atoms with van der Waals surface area (Å²) in [6.45, 7) is 3.69. The van der Waals surface area contributed by atoms with Crippen molar-refractivity contribution in [1.29, 1.82) is 0 Å². The van der Waals surface area contributed by atoms with Crippen LogP contribution >= 0.6 is 0 Å². The minimum absolute atomic E-state index is 0.0373. The van der Waals surface area contributed by atoms with Crippen molar-refractivity contribution < 1.29 is 23.0 Å². The lowest BCUT2D eigenvalue weighted by Crippen LogP contribution is -2.15. The van der Waals surface area contributed by atoms with Crippen molar-refractivity contribution in [2.24, 2.45) is 0 Å². The van der Waals surface area contributed by atoms with Crippen molar-refractivity contribution in [1.82, 2.24) is 0 Å². The van der Waals surface area contributed by atoms with Crippen LogP contribution in [0.2, 0.25) is 0 Å². The minimum atomic E-state index is -3.37. The summed E-state index contributed by atoms with van der Waals surface area (Å²) in [6, 6.07) is 18.7. The molecule has 0 fully saturated rings. The Morgan fingerprint density at radius 2 is 1.70 bits per heavy atom. The maximum absolute atomic E-state index is 12.7. The number of carbonyl (C=O) groups is 1. The van der Waals surface area contributed by atoms with Crippen LogP contribution in [0.1, 0.15) is 36.0 Å². The molecule has 0 N–H and O–H groups in total. The van der Waals surface area contributed by atoms with Crippen LogP contribution in [0.4, 0.5) is 0 Å². The fourth-order valence-corrected chi connectivity index (χ4v) is 4.93. The Balaban J connectivity index is 1.87. The van der Waals surface area contributed by atoms with Gasteiger partial charge in [-0.1, -0.05) is 54.1 Å². The maximum atomic E-state index is 12.7. The summed E-state index contributed by atoms with van der Waals surface area (Å²) < 4.78 is 25.4. The Kier molecular flexibility index (Phi) is 6.90. The highest BCUT2D eigenvalue weighted by molar-refractivity contribution is 7.91. The molecule has 0 amide bonds. The average molecular weight is 427 g/mol. The van der Waals surface area contributed by atoms with Gasteiger partial charge in [0, 0.05) is 0 Å². The van der Waals surface area contributed by atoms with Crippen LogP contribution in [-0.2, 0) is 30.8 Å². The Morgan fingerprint density at radius 3 is 2.40 bits per heavy atom. The molecule has 0 aliphatic carbocycles. The summed E-state index contributed by atoms with van der Waals surface area (Å²) in [5.74, 6) is -0.977. The summed E-state index contributed by atoms with van der Waals surface area (Å²) in [5.41, 5.74) is 2.81. The van der Waals surface area contributed by atoms with Gasteiger partial charge in [0.1, 0.15) is 0 Å². The molecule has 0 aliphatic rings. The number of fused-ring (bicyclic) bond motifs is 1. The van der Waals surface area contributed by atoms with Crippen molar-refractivity contribution in [3.63, 3.8) is 0 Å². The number of sulfone groups is 1. The summed E-state index contributed by atoms with van der Waals surface area (Å²) in [7, 11) is -2.08. The average Bonchev–Trinajstić information content (AvgIpc) is 2.73. The molecule has 0 saturated carbocycles. The molecule has 1 atom stereocenters. The second kappa shape index (κ2) is 9.41. The highest BCUT2D eigenvalue weighted by atomic mass is 32.2. The van der Waals surface area contributed by atoms with E-state index in [0.29, 0.717) is 17.7 Å². The predicted molar refractivity (Wildman–Crippen MR) is 117 cm³/mol. The van der Waals surface area contributed by atoms with E-state index in [4.69, 9.17) is 4.89 Å². The van der Waals surface area contributed by atoms with Crippen LogP contribution in [0.15, 0.2) is 65.6 Å². The van der Waals surface area contributed by atoms with Gasteiger partial charge in [0.05, 0.1) is 23.7 Å². The van der Waals surface area contributed by atoms with Gasteiger partial charge in [-0.3, -0.25) is 4.89 Å². The summed E-state index contributed by atoms with van der Waals surface area (Å²) >= 11 is 0. The van der Waals surface area contributed by atoms with Crippen molar-refractivity contribution in [2.75, 3.05) is 12.9 Å². The maximum Gasteiger partial charge on any atom is 0.349 e. The quantitative estimate of drug-likeness (QED) is 0.384. The van der Waals surface area contributed by atoms with E-state index in [1.807, 2.05) is 43.3 Å². The molecule has 6 heteroatoms. The van der Waals surface area contributed by atoms with Crippen molar-refractivity contribution in [2.45, 2.75) is 37.5 Å². The molecule has 30 heavy (non-hydrogen) atoms. The normalized spacial score (nSPS) is 12.6. The van der Waals surface area contributed by atoms with Crippen LogP contribution in [0.25, 0.3) is 10.8 Å². The fourth-order valence-electron chi connectivity index (χ4n) is 3.62. The zero-order chi connectivity index (χ0) is 21.7. The van der Waals surface area contributed by atoms with E-state index in [2.05, 4.69) is 4.89 Å². The Bertz CT molecular complexity index is 1130. The molecular weight excluding hydrogens is 400 g/mol. The Hall–Kier alpha value is -2.70. The van der Waals surface area contributed by atoms with Crippen LogP contribution in [0.3, 0.4) is 0 Å². The lowest BCUT2D eigenvalue weighted by molar-refractivity contribution is -0.256. The third-order valence-electron chi connectivity index (χ3n) is 5.28. The van der Waals surface area contributed by atoms with Crippen LogP contribution in [0, 0.1) is 6.92 Å². The number of hydrogen-bond donors (Lipinski definition) is 0.